The van der Waals surface area contributed by atoms with E-state index in [9.17, 15) is 14.9 Å². The van der Waals surface area contributed by atoms with Crippen molar-refractivity contribution in [3.63, 3.8) is 0 Å². The molecule has 0 unspecified atom stereocenters. The summed E-state index contributed by atoms with van der Waals surface area (Å²) in [6.45, 7) is 0. The van der Waals surface area contributed by atoms with Crippen molar-refractivity contribution in [3.05, 3.63) is 64.4 Å². The van der Waals surface area contributed by atoms with Crippen LogP contribution < -0.4 is 5.56 Å². The second-order valence-electron chi connectivity index (χ2n) is 8.16. The van der Waals surface area contributed by atoms with E-state index in [-0.39, 0.29) is 17.2 Å². The number of fused-ring (bicyclic) bond motifs is 1. The van der Waals surface area contributed by atoms with Crippen molar-refractivity contribution in [2.45, 2.75) is 42.8 Å². The molecule has 0 spiro atoms. The SMILES string of the molecule is CN(C(=O)CSc1nc2ccccc2c(=O)n1-c1ccc(C#N)cc1)C1(C#N)CCCCC1. The van der Waals surface area contributed by atoms with E-state index >= 15 is 0 Å². The predicted octanol–water partition coefficient (Wildman–Crippen LogP) is 4.03. The molecule has 7 nitrogen and oxygen atoms in total. The number of aromatic nitrogens is 2. The van der Waals surface area contributed by atoms with E-state index in [0.29, 0.717) is 40.2 Å². The third-order valence-corrected chi connectivity index (χ3v) is 7.15. The number of carbonyl (C=O) groups is 1. The van der Waals surface area contributed by atoms with Crippen LogP contribution in [0.5, 0.6) is 0 Å². The second-order valence-corrected chi connectivity index (χ2v) is 9.10. The number of rotatable bonds is 5. The fourth-order valence-corrected chi connectivity index (χ4v) is 5.17. The summed E-state index contributed by atoms with van der Waals surface area (Å²) in [4.78, 5) is 32.6. The number of carbonyl (C=O) groups excluding carboxylic acids is 1. The van der Waals surface area contributed by atoms with E-state index in [4.69, 9.17) is 5.26 Å². The van der Waals surface area contributed by atoms with Crippen LogP contribution in [-0.4, -0.2) is 38.7 Å². The molecule has 0 N–H and O–H groups in total. The molecule has 3 aromatic rings. The van der Waals surface area contributed by atoms with Crippen LogP contribution in [0.4, 0.5) is 0 Å². The van der Waals surface area contributed by atoms with Gasteiger partial charge in [0.2, 0.25) is 5.91 Å². The van der Waals surface area contributed by atoms with Crippen LogP contribution in [0.25, 0.3) is 16.6 Å². The molecule has 1 fully saturated rings. The lowest BCUT2D eigenvalue weighted by Crippen LogP contribution is -2.50. The van der Waals surface area contributed by atoms with Gasteiger partial charge in [0, 0.05) is 7.05 Å². The molecule has 1 saturated carbocycles. The molecule has 8 heteroatoms. The molecule has 0 saturated heterocycles. The maximum atomic E-state index is 13.3. The van der Waals surface area contributed by atoms with Crippen LogP contribution in [0.1, 0.15) is 37.7 Å². The first-order valence-electron chi connectivity index (χ1n) is 10.8. The number of hydrogen-bond acceptors (Lipinski definition) is 6. The summed E-state index contributed by atoms with van der Waals surface area (Å²) in [5.74, 6) is -0.113. The maximum Gasteiger partial charge on any atom is 0.266 e. The minimum absolute atomic E-state index is 0.0565. The summed E-state index contributed by atoms with van der Waals surface area (Å²) in [5, 5.41) is 19.8. The van der Waals surface area contributed by atoms with Crippen molar-refractivity contribution in [2.75, 3.05) is 12.8 Å². The Balaban J connectivity index is 1.68. The monoisotopic (exact) mass is 457 g/mol. The predicted molar refractivity (Wildman–Crippen MR) is 127 cm³/mol. The summed E-state index contributed by atoms with van der Waals surface area (Å²) < 4.78 is 1.47. The van der Waals surface area contributed by atoms with Crippen molar-refractivity contribution in [2.24, 2.45) is 0 Å². The number of amides is 1. The average Bonchev–Trinajstić information content (AvgIpc) is 2.87. The smallest absolute Gasteiger partial charge is 0.266 e. The third-order valence-electron chi connectivity index (χ3n) is 6.23. The number of nitrogens with zero attached hydrogens (tertiary/aromatic N) is 5. The quantitative estimate of drug-likeness (QED) is 0.423. The highest BCUT2D eigenvalue weighted by Crippen LogP contribution is 2.33. The minimum atomic E-state index is -0.764. The first-order valence-corrected chi connectivity index (χ1v) is 11.8. The van der Waals surface area contributed by atoms with Crippen LogP contribution in [0.15, 0.2) is 58.5 Å². The zero-order valence-corrected chi connectivity index (χ0v) is 19.1. The lowest BCUT2D eigenvalue weighted by atomic mass is 9.81. The third kappa shape index (κ3) is 4.35. The summed E-state index contributed by atoms with van der Waals surface area (Å²) in [6.07, 6.45) is 4.31. The first kappa shape index (κ1) is 22.6. The molecule has 1 aliphatic carbocycles. The van der Waals surface area contributed by atoms with Crippen LogP contribution in [0.3, 0.4) is 0 Å². The van der Waals surface area contributed by atoms with E-state index < -0.39 is 5.54 Å². The molecule has 0 aliphatic heterocycles. The fraction of sp³-hybridized carbons (Fsp3) is 0.320. The van der Waals surface area contributed by atoms with Gasteiger partial charge in [0.1, 0.15) is 5.54 Å². The van der Waals surface area contributed by atoms with Gasteiger partial charge in [-0.1, -0.05) is 43.2 Å². The number of thioether (sulfide) groups is 1. The Hall–Kier alpha value is -3.62. The van der Waals surface area contributed by atoms with E-state index in [2.05, 4.69) is 17.1 Å². The molecule has 1 amide bonds. The molecular weight excluding hydrogens is 434 g/mol. The highest BCUT2D eigenvalue weighted by Gasteiger charge is 2.38. The zero-order valence-electron chi connectivity index (χ0n) is 18.3. The molecule has 2 aromatic carbocycles. The van der Waals surface area contributed by atoms with Crippen molar-refractivity contribution in [1.29, 1.82) is 10.5 Å². The van der Waals surface area contributed by atoms with Gasteiger partial charge in [0.25, 0.3) is 5.56 Å². The molecular formula is C25H23N5O2S. The van der Waals surface area contributed by atoms with Gasteiger partial charge in [0.15, 0.2) is 5.16 Å². The largest absolute Gasteiger partial charge is 0.326 e. The Morgan fingerprint density at radius 3 is 2.48 bits per heavy atom. The molecule has 0 bridgehead atoms. The normalized spacial score (nSPS) is 14.9. The average molecular weight is 458 g/mol. The minimum Gasteiger partial charge on any atom is -0.326 e. The topological polar surface area (TPSA) is 103 Å². The van der Waals surface area contributed by atoms with E-state index in [0.717, 1.165) is 19.3 Å². The molecule has 33 heavy (non-hydrogen) atoms. The highest BCUT2D eigenvalue weighted by atomic mass is 32.2. The Bertz CT molecular complexity index is 1330. The number of para-hydroxylation sites is 1. The number of benzene rings is 2. The summed E-state index contributed by atoms with van der Waals surface area (Å²) in [6, 6.07) is 18.2. The highest BCUT2D eigenvalue weighted by molar-refractivity contribution is 7.99. The van der Waals surface area contributed by atoms with Gasteiger partial charge in [-0.05, 0) is 49.2 Å². The fourth-order valence-electron chi connectivity index (χ4n) is 4.24. The maximum absolute atomic E-state index is 13.3. The van der Waals surface area contributed by atoms with Gasteiger partial charge in [-0.25, -0.2) is 4.98 Å². The van der Waals surface area contributed by atoms with Crippen LogP contribution >= 0.6 is 11.8 Å². The van der Waals surface area contributed by atoms with Gasteiger partial charge in [0.05, 0.1) is 40.0 Å². The molecule has 1 aromatic heterocycles. The Labute approximate surface area is 196 Å². The van der Waals surface area contributed by atoms with Crippen molar-refractivity contribution in [3.8, 4) is 17.8 Å². The lowest BCUT2D eigenvalue weighted by Gasteiger charge is -2.39. The van der Waals surface area contributed by atoms with Gasteiger partial charge in [-0.15, -0.1) is 0 Å². The van der Waals surface area contributed by atoms with Crippen LogP contribution in [0, 0.1) is 22.7 Å². The van der Waals surface area contributed by atoms with Gasteiger partial charge in [-0.2, -0.15) is 10.5 Å². The molecule has 166 valence electrons. The lowest BCUT2D eigenvalue weighted by molar-refractivity contribution is -0.131. The Morgan fingerprint density at radius 1 is 1.12 bits per heavy atom. The zero-order chi connectivity index (χ0) is 23.4. The molecule has 1 aliphatic rings. The summed E-state index contributed by atoms with van der Waals surface area (Å²) >= 11 is 1.18. The molecule has 0 radical (unpaired) electrons. The Morgan fingerprint density at radius 2 is 1.82 bits per heavy atom. The summed E-state index contributed by atoms with van der Waals surface area (Å²) in [7, 11) is 1.69. The van der Waals surface area contributed by atoms with Crippen molar-refractivity contribution >= 4 is 28.6 Å². The molecule has 0 atom stereocenters. The standard InChI is InChI=1S/C25H23N5O2S/c1-29(25(17-27)13-5-2-6-14-25)22(31)16-33-24-28-21-8-4-3-7-20(21)23(32)30(24)19-11-9-18(15-26)10-12-19/h3-4,7-12H,2,5-6,13-14,16H2,1H3. The van der Waals surface area contributed by atoms with Gasteiger partial charge < -0.3 is 4.90 Å². The van der Waals surface area contributed by atoms with E-state index in [1.807, 2.05) is 6.07 Å². The number of hydrogen-bond donors (Lipinski definition) is 0. The molecule has 4 rings (SSSR count). The van der Waals surface area contributed by atoms with E-state index in [1.54, 1.807) is 54.4 Å². The van der Waals surface area contributed by atoms with E-state index in [1.165, 1.54) is 16.3 Å². The van der Waals surface area contributed by atoms with Gasteiger partial charge in [-0.3, -0.25) is 14.2 Å². The first-order chi connectivity index (χ1) is 16.0. The van der Waals surface area contributed by atoms with Crippen molar-refractivity contribution < 1.29 is 4.79 Å². The van der Waals surface area contributed by atoms with Crippen LogP contribution in [-0.2, 0) is 4.79 Å². The number of nitriles is 2. The molecule has 1 heterocycles. The van der Waals surface area contributed by atoms with Crippen LogP contribution in [0.2, 0.25) is 0 Å². The second kappa shape index (κ2) is 9.48. The van der Waals surface area contributed by atoms with Gasteiger partial charge >= 0.3 is 0 Å². The van der Waals surface area contributed by atoms with Crippen molar-refractivity contribution in [1.82, 2.24) is 14.5 Å². The summed E-state index contributed by atoms with van der Waals surface area (Å²) in [5.41, 5.74) is 0.604. The Kier molecular flexibility index (Phi) is 6.48.